The van der Waals surface area contributed by atoms with Crippen molar-refractivity contribution in [3.05, 3.63) is 0 Å². The van der Waals surface area contributed by atoms with Crippen molar-refractivity contribution in [1.82, 2.24) is 0 Å². The molecule has 0 atom stereocenters. The third kappa shape index (κ3) is 0.726. The van der Waals surface area contributed by atoms with Gasteiger partial charge in [0.25, 0.3) is 0 Å². The van der Waals surface area contributed by atoms with Crippen LogP contribution in [-0.2, 0) is 4.79 Å². The summed E-state index contributed by atoms with van der Waals surface area (Å²) in [5.74, 6) is -0.928. The smallest absolute Gasteiger partial charge is 0.324 e. The molecule has 64 valence electrons. The fraction of sp³-hybridized carbons (Fsp3) is 0.778. The number of carbonyl (C=O) groups is 1. The van der Waals surface area contributed by atoms with E-state index in [9.17, 15) is 4.79 Å². The zero-order valence-electron chi connectivity index (χ0n) is 6.84. The predicted octanol–water partition coefficient (Wildman–Crippen LogP) is 1.55. The van der Waals surface area contributed by atoms with Gasteiger partial charge in [0.15, 0.2) is 5.41 Å². The molecule has 3 nitrogen and oxygen atoms in total. The molecule has 0 saturated heterocycles. The van der Waals surface area contributed by atoms with Crippen LogP contribution < -0.4 is 0 Å². The normalized spacial score (nSPS) is 28.2. The van der Waals surface area contributed by atoms with E-state index >= 15 is 0 Å². The van der Waals surface area contributed by atoms with E-state index in [1.807, 2.05) is 6.07 Å². The van der Waals surface area contributed by atoms with Crippen molar-refractivity contribution >= 4 is 5.97 Å². The molecule has 2 rings (SSSR count). The fourth-order valence-corrected chi connectivity index (χ4v) is 2.54. The molecule has 2 saturated carbocycles. The molecule has 2 aliphatic rings. The average Bonchev–Trinajstić information content (AvgIpc) is 1.82. The first-order chi connectivity index (χ1) is 5.63. The lowest BCUT2D eigenvalue weighted by atomic mass is 9.46. The van der Waals surface area contributed by atoms with Crippen LogP contribution in [0.4, 0.5) is 0 Å². The van der Waals surface area contributed by atoms with Gasteiger partial charge in [0.05, 0.1) is 6.07 Å². The highest BCUT2D eigenvalue weighted by atomic mass is 16.4. The van der Waals surface area contributed by atoms with Gasteiger partial charge in [-0.1, -0.05) is 6.42 Å². The number of aliphatic carboxylic acids is 1. The highest BCUT2D eigenvalue weighted by Gasteiger charge is 2.61. The highest BCUT2D eigenvalue weighted by Crippen LogP contribution is 2.64. The topological polar surface area (TPSA) is 61.1 Å². The number of carboxylic acid groups (broad SMARTS) is 1. The molecule has 12 heavy (non-hydrogen) atoms. The number of nitrogens with zero attached hydrogens (tertiary/aromatic N) is 1. The molecule has 0 aromatic rings. The lowest BCUT2D eigenvalue weighted by molar-refractivity contribution is -0.164. The number of rotatable bonds is 1. The molecule has 0 aromatic heterocycles. The minimum absolute atomic E-state index is 0.258. The summed E-state index contributed by atoms with van der Waals surface area (Å²) in [5.41, 5.74) is -0.769. The number of carboxylic acids is 1. The van der Waals surface area contributed by atoms with Gasteiger partial charge >= 0.3 is 5.97 Å². The van der Waals surface area contributed by atoms with Gasteiger partial charge in [-0.25, -0.2) is 0 Å². The second-order valence-corrected chi connectivity index (χ2v) is 4.21. The summed E-state index contributed by atoms with van der Waals surface area (Å²) in [6.45, 7) is 0. The van der Waals surface area contributed by atoms with E-state index in [1.165, 1.54) is 6.42 Å². The lowest BCUT2D eigenvalue weighted by Crippen LogP contribution is -2.53. The van der Waals surface area contributed by atoms with Crippen LogP contribution in [0.25, 0.3) is 0 Å². The Balaban J connectivity index is 2.09. The van der Waals surface area contributed by atoms with Gasteiger partial charge in [0, 0.05) is 0 Å². The van der Waals surface area contributed by atoms with Crippen molar-refractivity contribution < 1.29 is 9.90 Å². The summed E-state index contributed by atoms with van der Waals surface area (Å²) in [6.07, 6.45) is 4.65. The fourth-order valence-electron chi connectivity index (χ4n) is 2.54. The molecule has 0 heterocycles. The van der Waals surface area contributed by atoms with E-state index in [-0.39, 0.29) is 5.41 Å². The summed E-state index contributed by atoms with van der Waals surface area (Å²) >= 11 is 0. The standard InChI is InChI=1S/C9H11NO2/c10-6-9(7(11)12)4-8(5-9)2-1-3-8/h1-5H2,(H,11,12). The first-order valence-corrected chi connectivity index (χ1v) is 4.27. The molecule has 0 amide bonds. The van der Waals surface area contributed by atoms with E-state index in [1.54, 1.807) is 0 Å². The Hall–Kier alpha value is -1.04. The zero-order valence-corrected chi connectivity index (χ0v) is 6.84. The number of hydrogen-bond acceptors (Lipinski definition) is 2. The SMILES string of the molecule is N#CC1(C(=O)O)CC2(CCC2)C1. The molecule has 3 heteroatoms. The van der Waals surface area contributed by atoms with Crippen LogP contribution in [0.3, 0.4) is 0 Å². The Bertz CT molecular complexity index is 265. The maximum Gasteiger partial charge on any atom is 0.324 e. The van der Waals surface area contributed by atoms with Gasteiger partial charge in [-0.3, -0.25) is 4.79 Å². The Kier molecular flexibility index (Phi) is 1.27. The minimum atomic E-state index is -1.03. The first kappa shape index (κ1) is 7.60. The molecule has 0 unspecified atom stereocenters. The van der Waals surface area contributed by atoms with Crippen molar-refractivity contribution in [2.45, 2.75) is 32.1 Å². The molecule has 0 aliphatic heterocycles. The summed E-state index contributed by atoms with van der Waals surface area (Å²) in [5, 5.41) is 17.5. The predicted molar refractivity (Wildman–Crippen MR) is 41.2 cm³/mol. The van der Waals surface area contributed by atoms with E-state index in [4.69, 9.17) is 10.4 Å². The van der Waals surface area contributed by atoms with Crippen LogP contribution in [0, 0.1) is 22.2 Å². The third-order valence-electron chi connectivity index (χ3n) is 3.39. The van der Waals surface area contributed by atoms with E-state index in [0.717, 1.165) is 12.8 Å². The van der Waals surface area contributed by atoms with Crippen molar-refractivity contribution in [2.75, 3.05) is 0 Å². The van der Waals surface area contributed by atoms with Gasteiger partial charge in [-0.05, 0) is 31.1 Å². The first-order valence-electron chi connectivity index (χ1n) is 4.27. The lowest BCUT2D eigenvalue weighted by Gasteiger charge is -2.56. The summed E-state index contributed by atoms with van der Waals surface area (Å²) in [6, 6.07) is 1.94. The average molecular weight is 165 g/mol. The van der Waals surface area contributed by atoms with Crippen molar-refractivity contribution in [3.63, 3.8) is 0 Å². The van der Waals surface area contributed by atoms with E-state index in [0.29, 0.717) is 12.8 Å². The van der Waals surface area contributed by atoms with Crippen LogP contribution in [0.5, 0.6) is 0 Å². The maximum absolute atomic E-state index is 10.7. The molecule has 0 aromatic carbocycles. The summed E-state index contributed by atoms with van der Waals surface area (Å²) < 4.78 is 0. The van der Waals surface area contributed by atoms with Gasteiger partial charge in [-0.2, -0.15) is 5.26 Å². The number of hydrogen-bond donors (Lipinski definition) is 1. The van der Waals surface area contributed by atoms with Crippen LogP contribution in [0.1, 0.15) is 32.1 Å². The minimum Gasteiger partial charge on any atom is -0.480 e. The van der Waals surface area contributed by atoms with Crippen LogP contribution >= 0.6 is 0 Å². The Morgan fingerprint density at radius 2 is 2.00 bits per heavy atom. The molecular formula is C9H11NO2. The summed E-state index contributed by atoms with van der Waals surface area (Å²) in [4.78, 5) is 10.7. The third-order valence-corrected chi connectivity index (χ3v) is 3.39. The molecule has 1 spiro atoms. The van der Waals surface area contributed by atoms with Gasteiger partial charge < -0.3 is 5.11 Å². The monoisotopic (exact) mass is 165 g/mol. The Morgan fingerprint density at radius 1 is 1.42 bits per heavy atom. The molecule has 1 N–H and O–H groups in total. The van der Waals surface area contributed by atoms with Gasteiger partial charge in [0.1, 0.15) is 0 Å². The molecule has 2 aliphatic carbocycles. The van der Waals surface area contributed by atoms with E-state index in [2.05, 4.69) is 0 Å². The quantitative estimate of drug-likeness (QED) is 0.641. The maximum atomic E-state index is 10.7. The number of nitriles is 1. The Labute approximate surface area is 71.0 Å². The zero-order chi connectivity index (χ0) is 8.82. The van der Waals surface area contributed by atoms with Crippen molar-refractivity contribution in [3.8, 4) is 6.07 Å². The highest BCUT2D eigenvalue weighted by molar-refractivity contribution is 5.79. The van der Waals surface area contributed by atoms with Crippen LogP contribution in [-0.4, -0.2) is 11.1 Å². The van der Waals surface area contributed by atoms with Crippen molar-refractivity contribution in [2.24, 2.45) is 10.8 Å². The summed E-state index contributed by atoms with van der Waals surface area (Å²) in [7, 11) is 0. The molecule has 2 fully saturated rings. The second kappa shape index (κ2) is 2.01. The molecule has 0 radical (unpaired) electrons. The van der Waals surface area contributed by atoms with Gasteiger partial charge in [-0.15, -0.1) is 0 Å². The van der Waals surface area contributed by atoms with Crippen LogP contribution in [0.15, 0.2) is 0 Å². The second-order valence-electron chi connectivity index (χ2n) is 4.21. The molecular weight excluding hydrogens is 154 g/mol. The van der Waals surface area contributed by atoms with E-state index < -0.39 is 11.4 Å². The van der Waals surface area contributed by atoms with Gasteiger partial charge in [0.2, 0.25) is 0 Å². The Morgan fingerprint density at radius 3 is 2.25 bits per heavy atom. The largest absolute Gasteiger partial charge is 0.480 e. The van der Waals surface area contributed by atoms with Crippen molar-refractivity contribution in [1.29, 1.82) is 5.26 Å². The van der Waals surface area contributed by atoms with Crippen LogP contribution in [0.2, 0.25) is 0 Å². The molecule has 0 bridgehead atoms.